The summed E-state index contributed by atoms with van der Waals surface area (Å²) in [7, 11) is -2.21. The van der Waals surface area contributed by atoms with Crippen LogP contribution in [-0.2, 0) is 26.2 Å². The number of hydrogen-bond donors (Lipinski definition) is 2. The normalized spacial score (nSPS) is 22.5. The highest BCUT2D eigenvalue weighted by Crippen LogP contribution is 2.36. The van der Waals surface area contributed by atoms with E-state index in [9.17, 15) is 22.8 Å². The molecule has 1 saturated heterocycles. The fraction of sp³-hybridized carbons (Fsp3) is 0.400. The molecule has 2 aromatic rings. The molecule has 1 heterocycles. The number of anilines is 1. The van der Waals surface area contributed by atoms with Crippen LogP contribution in [0.1, 0.15) is 38.2 Å². The van der Waals surface area contributed by atoms with E-state index in [1.807, 2.05) is 30.3 Å². The summed E-state index contributed by atoms with van der Waals surface area (Å²) in [5.74, 6) is -0.383. The molecule has 1 aliphatic carbocycles. The number of sulfonamides is 1. The number of hydrogen-bond acceptors (Lipinski definition) is 5. The molecule has 0 radical (unpaired) electrons. The molecule has 2 aromatic carbocycles. The van der Waals surface area contributed by atoms with Crippen molar-refractivity contribution in [2.45, 2.75) is 49.6 Å². The Morgan fingerprint density at radius 3 is 2.34 bits per heavy atom. The fourth-order valence-electron chi connectivity index (χ4n) is 4.57. The zero-order valence-corrected chi connectivity index (χ0v) is 20.7. The van der Waals surface area contributed by atoms with Gasteiger partial charge in [0.05, 0.1) is 4.90 Å². The lowest BCUT2D eigenvalue weighted by molar-refractivity contribution is -0.135. The van der Waals surface area contributed by atoms with E-state index < -0.39 is 34.0 Å². The third-order valence-electron chi connectivity index (χ3n) is 6.77. The molecule has 0 bridgehead atoms. The second-order valence-corrected chi connectivity index (χ2v) is 11.5. The molecule has 2 fully saturated rings. The Labute approximate surface area is 205 Å². The molecule has 9 nitrogen and oxygen atoms in total. The summed E-state index contributed by atoms with van der Waals surface area (Å²) in [6, 6.07) is 14.5. The number of rotatable bonds is 7. The van der Waals surface area contributed by atoms with Crippen molar-refractivity contribution in [2.24, 2.45) is 5.92 Å². The third kappa shape index (κ3) is 5.23. The van der Waals surface area contributed by atoms with E-state index in [2.05, 4.69) is 17.6 Å². The average Bonchev–Trinajstić information content (AvgIpc) is 3.06. The molecule has 0 unspecified atom stereocenters. The van der Waals surface area contributed by atoms with Gasteiger partial charge in [0.1, 0.15) is 12.1 Å². The number of carbonyl (C=O) groups excluding carboxylic acids is 3. The minimum atomic E-state index is -3.72. The van der Waals surface area contributed by atoms with E-state index in [4.69, 9.17) is 0 Å². The van der Waals surface area contributed by atoms with Gasteiger partial charge in [-0.2, -0.15) is 4.31 Å². The molecule has 0 aromatic heterocycles. The van der Waals surface area contributed by atoms with Crippen LogP contribution in [0.25, 0.3) is 0 Å². The number of urea groups is 1. The number of imide groups is 1. The third-order valence-corrected chi connectivity index (χ3v) is 8.59. The van der Waals surface area contributed by atoms with Gasteiger partial charge in [-0.1, -0.05) is 37.3 Å². The Kier molecular flexibility index (Phi) is 6.95. The van der Waals surface area contributed by atoms with Crippen LogP contribution in [0.3, 0.4) is 0 Å². The van der Waals surface area contributed by atoms with Crippen molar-refractivity contribution in [2.75, 3.05) is 18.9 Å². The maximum absolute atomic E-state index is 12.9. The maximum atomic E-state index is 12.9. The van der Waals surface area contributed by atoms with Gasteiger partial charge >= 0.3 is 6.03 Å². The first kappa shape index (κ1) is 24.9. The Morgan fingerprint density at radius 2 is 1.71 bits per heavy atom. The van der Waals surface area contributed by atoms with Crippen LogP contribution >= 0.6 is 0 Å². The quantitative estimate of drug-likeness (QED) is 0.570. The highest BCUT2D eigenvalue weighted by molar-refractivity contribution is 7.89. The molecule has 4 rings (SSSR count). The summed E-state index contributed by atoms with van der Waals surface area (Å²) in [5, 5.41) is 5.43. The van der Waals surface area contributed by atoms with Crippen LogP contribution in [0.15, 0.2) is 59.5 Å². The molecule has 1 saturated carbocycles. The van der Waals surface area contributed by atoms with Crippen molar-refractivity contribution in [3.05, 3.63) is 60.2 Å². The van der Waals surface area contributed by atoms with Crippen LogP contribution in [0.4, 0.5) is 10.5 Å². The first-order valence-electron chi connectivity index (χ1n) is 11.6. The van der Waals surface area contributed by atoms with E-state index in [1.54, 1.807) is 0 Å². The monoisotopic (exact) mass is 498 g/mol. The summed E-state index contributed by atoms with van der Waals surface area (Å²) in [5.41, 5.74) is 0.339. The zero-order valence-electron chi connectivity index (χ0n) is 19.9. The van der Waals surface area contributed by atoms with E-state index in [0.29, 0.717) is 24.4 Å². The smallest absolute Gasteiger partial charge is 0.325 e. The van der Waals surface area contributed by atoms with Gasteiger partial charge in [0.15, 0.2) is 0 Å². The van der Waals surface area contributed by atoms with Crippen molar-refractivity contribution >= 4 is 33.6 Å². The van der Waals surface area contributed by atoms with E-state index in [-0.39, 0.29) is 17.3 Å². The van der Waals surface area contributed by atoms with Gasteiger partial charge in [0, 0.05) is 19.3 Å². The topological polar surface area (TPSA) is 116 Å². The number of amides is 4. The maximum Gasteiger partial charge on any atom is 0.325 e. The van der Waals surface area contributed by atoms with Gasteiger partial charge in [-0.3, -0.25) is 14.5 Å². The standard InChI is InChI=1S/C25H30N4O5S/c1-18-12-14-25(15-13-18)23(31)29(24(32)27-25)17-22(30)26-20-8-10-21(11-9-20)35(33,34)28(2)16-19-6-4-3-5-7-19/h3-11,18H,12-17H2,1-2H3,(H,26,30)(H,27,32). The highest BCUT2D eigenvalue weighted by Gasteiger charge is 2.52. The van der Waals surface area contributed by atoms with Gasteiger partial charge < -0.3 is 10.6 Å². The van der Waals surface area contributed by atoms with Gasteiger partial charge in [-0.25, -0.2) is 13.2 Å². The van der Waals surface area contributed by atoms with Crippen LogP contribution in [0, 0.1) is 5.92 Å². The first-order valence-corrected chi connectivity index (χ1v) is 13.1. The molecular weight excluding hydrogens is 468 g/mol. The first-order chi connectivity index (χ1) is 16.6. The summed E-state index contributed by atoms with van der Waals surface area (Å²) < 4.78 is 27.0. The molecular formula is C25H30N4O5S. The van der Waals surface area contributed by atoms with Crippen LogP contribution in [0.5, 0.6) is 0 Å². The molecule has 4 amide bonds. The Hall–Kier alpha value is -3.24. The number of nitrogens with zero attached hydrogens (tertiary/aromatic N) is 2. The lowest BCUT2D eigenvalue weighted by atomic mass is 9.77. The van der Waals surface area contributed by atoms with Crippen molar-refractivity contribution in [1.82, 2.24) is 14.5 Å². The minimum Gasteiger partial charge on any atom is -0.325 e. The summed E-state index contributed by atoms with van der Waals surface area (Å²) in [4.78, 5) is 39.0. The Morgan fingerprint density at radius 1 is 1.09 bits per heavy atom. The van der Waals surface area contributed by atoms with Crippen LogP contribution in [0.2, 0.25) is 0 Å². The van der Waals surface area contributed by atoms with Gasteiger partial charge in [-0.15, -0.1) is 0 Å². The lowest BCUT2D eigenvalue weighted by Gasteiger charge is -2.33. The predicted octanol–water partition coefficient (Wildman–Crippen LogP) is 2.95. The second-order valence-electron chi connectivity index (χ2n) is 9.41. The average molecular weight is 499 g/mol. The van der Waals surface area contributed by atoms with Crippen molar-refractivity contribution in [1.29, 1.82) is 0 Å². The summed E-state index contributed by atoms with van der Waals surface area (Å²) in [6.07, 6.45) is 2.85. The molecule has 1 spiro atoms. The van der Waals surface area contributed by atoms with Gasteiger partial charge in [0.2, 0.25) is 15.9 Å². The highest BCUT2D eigenvalue weighted by atomic mass is 32.2. The van der Waals surface area contributed by atoms with Crippen LogP contribution in [-0.4, -0.2) is 54.6 Å². The van der Waals surface area contributed by atoms with Gasteiger partial charge in [0.25, 0.3) is 5.91 Å². The van der Waals surface area contributed by atoms with E-state index >= 15 is 0 Å². The molecule has 186 valence electrons. The molecule has 2 N–H and O–H groups in total. The van der Waals surface area contributed by atoms with Crippen molar-refractivity contribution < 1.29 is 22.8 Å². The molecule has 0 atom stereocenters. The van der Waals surface area contributed by atoms with E-state index in [1.165, 1.54) is 35.6 Å². The van der Waals surface area contributed by atoms with Gasteiger partial charge in [-0.05, 0) is 61.4 Å². The largest absolute Gasteiger partial charge is 0.325 e. The molecule has 1 aliphatic heterocycles. The predicted molar refractivity (Wildman–Crippen MR) is 131 cm³/mol. The molecule has 10 heteroatoms. The number of nitrogens with one attached hydrogen (secondary N) is 2. The number of benzene rings is 2. The SMILES string of the molecule is CC1CCC2(CC1)NC(=O)N(CC(=O)Nc1ccc(S(=O)(=O)N(C)Cc3ccccc3)cc1)C2=O. The lowest BCUT2D eigenvalue weighted by Crippen LogP contribution is -2.49. The van der Waals surface area contributed by atoms with Crippen molar-refractivity contribution in [3.63, 3.8) is 0 Å². The molecule has 35 heavy (non-hydrogen) atoms. The second kappa shape index (κ2) is 9.79. The zero-order chi connectivity index (χ0) is 25.2. The number of carbonyl (C=O) groups is 3. The van der Waals surface area contributed by atoms with E-state index in [0.717, 1.165) is 23.3 Å². The molecule has 2 aliphatic rings. The fourth-order valence-corrected chi connectivity index (χ4v) is 5.73. The Balaban J connectivity index is 1.36. The summed E-state index contributed by atoms with van der Waals surface area (Å²) >= 11 is 0. The summed E-state index contributed by atoms with van der Waals surface area (Å²) in [6.45, 7) is 1.95. The van der Waals surface area contributed by atoms with Crippen LogP contribution < -0.4 is 10.6 Å². The minimum absolute atomic E-state index is 0.0940. The Bertz CT molecular complexity index is 1210. The van der Waals surface area contributed by atoms with Crippen molar-refractivity contribution in [3.8, 4) is 0 Å².